The van der Waals surface area contributed by atoms with Crippen molar-refractivity contribution in [2.75, 3.05) is 0 Å². The highest BCUT2D eigenvalue weighted by molar-refractivity contribution is 6.25. The number of fused-ring (bicyclic) bond motifs is 3. The second-order valence-electron chi connectivity index (χ2n) is 11.6. The Kier molecular flexibility index (Phi) is 6.86. The Hall–Kier alpha value is -3.91. The van der Waals surface area contributed by atoms with Crippen molar-refractivity contribution in [2.45, 2.75) is 70.8 Å². The lowest BCUT2D eigenvalue weighted by Crippen LogP contribution is -2.56. The first-order valence-electron chi connectivity index (χ1n) is 13.7. The fourth-order valence-corrected chi connectivity index (χ4v) is 6.73. The number of phenolic OH excluding ortho intramolecular Hbond substituents is 2. The summed E-state index contributed by atoms with van der Waals surface area (Å²) < 4.78 is 0. The highest BCUT2D eigenvalue weighted by Gasteiger charge is 2.59. The van der Waals surface area contributed by atoms with E-state index in [0.717, 1.165) is 18.1 Å². The van der Waals surface area contributed by atoms with Gasteiger partial charge in [-0.3, -0.25) is 14.4 Å². The highest BCUT2D eigenvalue weighted by atomic mass is 16.3. The molecule has 0 aromatic heterocycles. The van der Waals surface area contributed by atoms with Crippen molar-refractivity contribution in [3.8, 4) is 11.5 Å². The summed E-state index contributed by atoms with van der Waals surface area (Å²) in [4.78, 5) is 39.3. The number of aryl methyl sites for hydroxylation is 2. The van der Waals surface area contributed by atoms with Crippen LogP contribution >= 0.6 is 0 Å². The number of carbonyl (C=O) groups is 3. The minimum Gasteiger partial charge on any atom is -0.511 e. The highest BCUT2D eigenvalue weighted by Crippen LogP contribution is 2.52. The third kappa shape index (κ3) is 4.22. The summed E-state index contributed by atoms with van der Waals surface area (Å²) in [5.41, 5.74) is 0.147. The molecule has 0 amide bonds. The van der Waals surface area contributed by atoms with Crippen molar-refractivity contribution in [3.63, 3.8) is 0 Å². The van der Waals surface area contributed by atoms with Gasteiger partial charge < -0.3 is 25.5 Å². The molecular formula is C32H34O8. The second kappa shape index (κ2) is 9.93. The number of phenols is 2. The molecule has 0 fully saturated rings. The van der Waals surface area contributed by atoms with Crippen LogP contribution in [0.4, 0.5) is 0 Å². The van der Waals surface area contributed by atoms with Gasteiger partial charge in [0.25, 0.3) is 0 Å². The third-order valence-electron chi connectivity index (χ3n) is 8.75. The summed E-state index contributed by atoms with van der Waals surface area (Å²) in [7, 11) is 0. The first-order valence-corrected chi connectivity index (χ1v) is 13.7. The van der Waals surface area contributed by atoms with E-state index >= 15 is 0 Å². The summed E-state index contributed by atoms with van der Waals surface area (Å²) in [5, 5.41) is 54.1. The zero-order valence-electron chi connectivity index (χ0n) is 22.8. The Morgan fingerprint density at radius 3 is 2.33 bits per heavy atom. The van der Waals surface area contributed by atoms with Gasteiger partial charge in [-0.25, -0.2) is 0 Å². The Morgan fingerprint density at radius 1 is 1.02 bits per heavy atom. The summed E-state index contributed by atoms with van der Waals surface area (Å²) in [6.07, 6.45) is 2.16. The zero-order chi connectivity index (χ0) is 29.1. The predicted molar refractivity (Wildman–Crippen MR) is 147 cm³/mol. The maximum Gasteiger partial charge on any atom is 0.209 e. The second-order valence-corrected chi connectivity index (χ2v) is 11.6. The molecule has 0 radical (unpaired) electrons. The van der Waals surface area contributed by atoms with E-state index in [1.165, 1.54) is 0 Å². The quantitative estimate of drug-likeness (QED) is 0.327. The molecule has 2 aromatic rings. The monoisotopic (exact) mass is 546 g/mol. The fourth-order valence-electron chi connectivity index (χ4n) is 6.73. The standard InChI is InChI=1S/C32H34O8/c1-15(2)22-12-18(6-4-5-17-7-9-21(34)10-8-17)28(36)27-23(22)13-19-11-20-14-24(35)25(16(3)33)30(38)32(20,40)31(39)26(19)29(27)37/h7-10,12,15,19-20,34-36,39-40H,4-6,11,13-14H2,1-3H3/t19-,20+,32-/m1/s1. The van der Waals surface area contributed by atoms with Crippen molar-refractivity contribution >= 4 is 17.3 Å². The Morgan fingerprint density at radius 2 is 1.70 bits per heavy atom. The normalized spacial score (nSPS) is 24.2. The van der Waals surface area contributed by atoms with E-state index in [2.05, 4.69) is 0 Å². The molecule has 8 nitrogen and oxygen atoms in total. The third-order valence-corrected chi connectivity index (χ3v) is 8.75. The fraction of sp³-hybridized carbons (Fsp3) is 0.406. The maximum absolute atomic E-state index is 14.0. The first kappa shape index (κ1) is 27.6. The van der Waals surface area contributed by atoms with Gasteiger partial charge in [-0.05, 0) is 85.3 Å². The molecule has 5 rings (SSSR count). The smallest absolute Gasteiger partial charge is 0.209 e. The van der Waals surface area contributed by atoms with E-state index in [0.29, 0.717) is 36.8 Å². The molecule has 0 saturated heterocycles. The number of aliphatic hydroxyl groups is 3. The largest absolute Gasteiger partial charge is 0.511 e. The van der Waals surface area contributed by atoms with Gasteiger partial charge >= 0.3 is 0 Å². The van der Waals surface area contributed by atoms with Gasteiger partial charge in [-0.15, -0.1) is 0 Å². The Labute approximate surface area is 232 Å². The topological polar surface area (TPSA) is 152 Å². The number of carbonyl (C=O) groups excluding carboxylic acids is 3. The van der Waals surface area contributed by atoms with Crippen molar-refractivity contribution < 1.29 is 39.9 Å². The van der Waals surface area contributed by atoms with Crippen LogP contribution in [0.25, 0.3) is 0 Å². The number of aromatic hydroxyl groups is 2. The van der Waals surface area contributed by atoms with E-state index < -0.39 is 51.9 Å². The van der Waals surface area contributed by atoms with Crippen LogP contribution in [-0.4, -0.2) is 48.5 Å². The van der Waals surface area contributed by atoms with Gasteiger partial charge in [0.15, 0.2) is 17.2 Å². The molecule has 8 heteroatoms. The van der Waals surface area contributed by atoms with Crippen LogP contribution in [-0.2, 0) is 28.9 Å². The molecule has 40 heavy (non-hydrogen) atoms. The molecule has 2 aromatic carbocycles. The molecule has 0 spiro atoms. The number of rotatable bonds is 6. The molecule has 0 saturated carbocycles. The molecule has 3 aliphatic carbocycles. The molecule has 0 bridgehead atoms. The molecule has 210 valence electrons. The van der Waals surface area contributed by atoms with Crippen molar-refractivity contribution in [1.29, 1.82) is 0 Å². The summed E-state index contributed by atoms with van der Waals surface area (Å²) in [5.74, 6) is -5.04. The molecule has 0 heterocycles. The lowest BCUT2D eigenvalue weighted by atomic mass is 9.59. The number of allylic oxidation sites excluding steroid dienone is 2. The minimum atomic E-state index is -2.50. The Balaban J connectivity index is 1.55. The van der Waals surface area contributed by atoms with Crippen LogP contribution in [0, 0.1) is 11.8 Å². The predicted octanol–water partition coefficient (Wildman–Crippen LogP) is 4.69. The average molecular weight is 547 g/mol. The summed E-state index contributed by atoms with van der Waals surface area (Å²) in [6.45, 7) is 5.11. The molecule has 3 aliphatic rings. The molecule has 0 unspecified atom stereocenters. The van der Waals surface area contributed by atoms with E-state index in [1.54, 1.807) is 12.1 Å². The van der Waals surface area contributed by atoms with E-state index in [4.69, 9.17) is 0 Å². The lowest BCUT2D eigenvalue weighted by molar-refractivity contribution is -0.144. The zero-order valence-corrected chi connectivity index (χ0v) is 22.8. The molecule has 5 N–H and O–H groups in total. The number of benzene rings is 2. The number of Topliss-reactive ketones (excluding diaryl/α,β-unsaturated/α-hetero) is 3. The average Bonchev–Trinajstić information content (AvgIpc) is 2.88. The SMILES string of the molecule is CC(=O)C1=C(O)C[C@@H]2C[C@@H]3Cc4c(C(C)C)cc(CCCc5ccc(O)cc5)c(O)c4C(=O)C3=C(O)[C@]2(O)C1=O. The number of hydrogen-bond acceptors (Lipinski definition) is 8. The van der Waals surface area contributed by atoms with E-state index in [1.807, 2.05) is 32.0 Å². The van der Waals surface area contributed by atoms with Gasteiger partial charge in [0.05, 0.1) is 5.56 Å². The van der Waals surface area contributed by atoms with Crippen LogP contribution in [0.5, 0.6) is 11.5 Å². The van der Waals surface area contributed by atoms with Crippen LogP contribution in [0.2, 0.25) is 0 Å². The van der Waals surface area contributed by atoms with E-state index in [-0.39, 0.29) is 41.4 Å². The van der Waals surface area contributed by atoms with Crippen molar-refractivity contribution in [2.24, 2.45) is 11.8 Å². The Bertz CT molecular complexity index is 1490. The van der Waals surface area contributed by atoms with Crippen LogP contribution in [0.1, 0.15) is 78.6 Å². The van der Waals surface area contributed by atoms with Crippen LogP contribution in [0.3, 0.4) is 0 Å². The van der Waals surface area contributed by atoms with Gasteiger partial charge in [0, 0.05) is 17.9 Å². The number of hydrogen-bond donors (Lipinski definition) is 5. The van der Waals surface area contributed by atoms with Gasteiger partial charge in [-0.2, -0.15) is 0 Å². The van der Waals surface area contributed by atoms with Crippen LogP contribution < -0.4 is 0 Å². The maximum atomic E-state index is 14.0. The summed E-state index contributed by atoms with van der Waals surface area (Å²) in [6, 6.07) is 8.85. The van der Waals surface area contributed by atoms with Crippen molar-refractivity contribution in [1.82, 2.24) is 0 Å². The van der Waals surface area contributed by atoms with Crippen LogP contribution in [0.15, 0.2) is 53.0 Å². The molecule has 0 aliphatic heterocycles. The lowest BCUT2D eigenvalue weighted by Gasteiger charge is -2.46. The van der Waals surface area contributed by atoms with Gasteiger partial charge in [-0.1, -0.05) is 32.0 Å². The number of ketones is 3. The molecule has 3 atom stereocenters. The number of aliphatic hydroxyl groups excluding tert-OH is 2. The first-order chi connectivity index (χ1) is 18.9. The van der Waals surface area contributed by atoms with Gasteiger partial charge in [0.2, 0.25) is 5.78 Å². The van der Waals surface area contributed by atoms with Gasteiger partial charge in [0.1, 0.15) is 28.6 Å². The summed E-state index contributed by atoms with van der Waals surface area (Å²) >= 11 is 0. The minimum absolute atomic E-state index is 0.0407. The van der Waals surface area contributed by atoms with E-state index in [9.17, 15) is 39.9 Å². The molecular weight excluding hydrogens is 512 g/mol. The van der Waals surface area contributed by atoms with Crippen molar-refractivity contribution in [3.05, 3.63) is 80.8 Å².